The summed E-state index contributed by atoms with van der Waals surface area (Å²) in [6.45, 7) is 3.93. The van der Waals surface area contributed by atoms with Crippen LogP contribution in [-0.2, 0) is 11.3 Å². The van der Waals surface area contributed by atoms with Gasteiger partial charge in [-0.25, -0.2) is 9.59 Å². The van der Waals surface area contributed by atoms with Gasteiger partial charge in [0.15, 0.2) is 0 Å². The molecule has 1 aromatic heterocycles. The highest BCUT2D eigenvalue weighted by atomic mass is 35.5. The number of aromatic nitrogens is 1. The van der Waals surface area contributed by atoms with Crippen LogP contribution >= 0.6 is 23.2 Å². The molecule has 0 fully saturated rings. The van der Waals surface area contributed by atoms with Crippen LogP contribution in [-0.4, -0.2) is 28.0 Å². The number of carbonyl (C=O) groups excluding carboxylic acids is 2. The predicted octanol–water partition coefficient (Wildman–Crippen LogP) is 5.91. The number of para-hydroxylation sites is 2. The number of benzene rings is 3. The molecule has 10 heteroatoms. The van der Waals surface area contributed by atoms with Crippen LogP contribution in [0.25, 0.3) is 16.5 Å². The van der Waals surface area contributed by atoms with Gasteiger partial charge in [0.25, 0.3) is 5.91 Å². The molecule has 0 aliphatic rings. The number of primary amides is 1. The standard InChI is InChI=1S/C26H20Cl2N4O4/c1-14(21-22-18(28)11-16(27)12-20(22)30-23(21)25(34)35)24(33)31-19-10-6-5-7-15(19)13-32(26(29)36)17-8-3-2-4-9-17/h2-12,30H,1,13H2,(H2,29,36)(H,31,33)(H,34,35). The summed E-state index contributed by atoms with van der Waals surface area (Å²) in [5.41, 5.74) is 7.25. The predicted molar refractivity (Wildman–Crippen MR) is 142 cm³/mol. The van der Waals surface area contributed by atoms with Crippen LogP contribution in [0.1, 0.15) is 21.6 Å². The van der Waals surface area contributed by atoms with Crippen molar-refractivity contribution in [2.45, 2.75) is 6.54 Å². The molecular weight excluding hydrogens is 503 g/mol. The van der Waals surface area contributed by atoms with Gasteiger partial charge in [0.05, 0.1) is 11.6 Å². The second-order valence-corrected chi connectivity index (χ2v) is 8.68. The lowest BCUT2D eigenvalue weighted by molar-refractivity contribution is -0.111. The molecule has 5 N–H and O–H groups in total. The van der Waals surface area contributed by atoms with E-state index in [4.69, 9.17) is 28.9 Å². The van der Waals surface area contributed by atoms with E-state index in [2.05, 4.69) is 16.9 Å². The van der Waals surface area contributed by atoms with Gasteiger partial charge in [-0.2, -0.15) is 0 Å². The van der Waals surface area contributed by atoms with Crippen LogP contribution in [0.5, 0.6) is 0 Å². The number of amides is 3. The van der Waals surface area contributed by atoms with Crippen molar-refractivity contribution in [3.63, 3.8) is 0 Å². The molecule has 0 aliphatic carbocycles. The smallest absolute Gasteiger partial charge is 0.352 e. The molecule has 4 rings (SSSR count). The number of H-pyrrole nitrogens is 1. The molecule has 0 unspecified atom stereocenters. The SMILES string of the molecule is C=C(C(=O)Nc1ccccc1CN(C(N)=O)c1ccccc1)c1c(C(=O)O)[nH]c2cc(Cl)cc(Cl)c12. The van der Waals surface area contributed by atoms with Crippen LogP contribution in [0, 0.1) is 0 Å². The van der Waals surface area contributed by atoms with Gasteiger partial charge in [0.2, 0.25) is 0 Å². The van der Waals surface area contributed by atoms with Gasteiger partial charge in [0, 0.05) is 38.4 Å². The van der Waals surface area contributed by atoms with Crippen molar-refractivity contribution in [2.75, 3.05) is 10.2 Å². The number of hydrogen-bond acceptors (Lipinski definition) is 3. The minimum atomic E-state index is -1.29. The van der Waals surface area contributed by atoms with Gasteiger partial charge < -0.3 is 21.1 Å². The molecule has 8 nitrogen and oxygen atoms in total. The zero-order valence-electron chi connectivity index (χ0n) is 18.7. The van der Waals surface area contributed by atoms with E-state index in [9.17, 15) is 19.5 Å². The number of carboxylic acid groups (broad SMARTS) is 1. The molecule has 0 saturated heterocycles. The first-order valence-corrected chi connectivity index (χ1v) is 11.4. The number of carbonyl (C=O) groups is 3. The number of aromatic carboxylic acids is 1. The van der Waals surface area contributed by atoms with E-state index in [1.165, 1.54) is 17.0 Å². The molecule has 0 radical (unpaired) electrons. The zero-order chi connectivity index (χ0) is 26.0. The minimum Gasteiger partial charge on any atom is -0.477 e. The van der Waals surface area contributed by atoms with Crippen molar-refractivity contribution in [1.82, 2.24) is 4.98 Å². The van der Waals surface area contributed by atoms with Crippen LogP contribution in [0.2, 0.25) is 10.0 Å². The Bertz CT molecular complexity index is 1520. The molecule has 36 heavy (non-hydrogen) atoms. The van der Waals surface area contributed by atoms with Crippen LogP contribution in [0.3, 0.4) is 0 Å². The molecule has 0 atom stereocenters. The summed E-state index contributed by atoms with van der Waals surface area (Å²) in [5, 5.41) is 13.3. The van der Waals surface area contributed by atoms with Gasteiger partial charge in [-0.1, -0.05) is 66.2 Å². The highest BCUT2D eigenvalue weighted by molar-refractivity contribution is 6.40. The number of carboxylic acids is 1. The number of halogens is 2. The van der Waals surface area contributed by atoms with Crippen molar-refractivity contribution in [1.29, 1.82) is 0 Å². The number of hydrogen-bond donors (Lipinski definition) is 4. The molecular formula is C26H20Cl2N4O4. The summed E-state index contributed by atoms with van der Waals surface area (Å²) in [5.74, 6) is -1.94. The lowest BCUT2D eigenvalue weighted by atomic mass is 10.0. The summed E-state index contributed by atoms with van der Waals surface area (Å²) in [7, 11) is 0. The molecule has 1 heterocycles. The summed E-state index contributed by atoms with van der Waals surface area (Å²) < 4.78 is 0. The Morgan fingerprint density at radius 2 is 1.69 bits per heavy atom. The number of aromatic amines is 1. The monoisotopic (exact) mass is 522 g/mol. The van der Waals surface area contributed by atoms with Crippen LogP contribution < -0.4 is 16.0 Å². The third-order valence-corrected chi connectivity index (χ3v) is 6.05. The van der Waals surface area contributed by atoms with Gasteiger partial charge in [-0.05, 0) is 35.9 Å². The maximum absolute atomic E-state index is 13.3. The largest absolute Gasteiger partial charge is 0.477 e. The van der Waals surface area contributed by atoms with E-state index >= 15 is 0 Å². The maximum atomic E-state index is 13.3. The number of nitrogens with zero attached hydrogens (tertiary/aromatic N) is 1. The van der Waals surface area contributed by atoms with E-state index < -0.39 is 17.9 Å². The van der Waals surface area contributed by atoms with Crippen molar-refractivity contribution >= 4 is 69.0 Å². The number of nitrogens with one attached hydrogen (secondary N) is 2. The summed E-state index contributed by atoms with van der Waals surface area (Å²) in [6.07, 6.45) is 0. The second kappa shape index (κ2) is 10.2. The Morgan fingerprint density at radius 3 is 2.36 bits per heavy atom. The Labute approximate surface area is 215 Å². The van der Waals surface area contributed by atoms with E-state index in [0.29, 0.717) is 32.9 Å². The quantitative estimate of drug-likeness (QED) is 0.225. The maximum Gasteiger partial charge on any atom is 0.352 e. The average molecular weight is 523 g/mol. The number of rotatable bonds is 7. The third-order valence-electron chi connectivity index (χ3n) is 5.53. The van der Waals surface area contributed by atoms with Crippen LogP contribution in [0.4, 0.5) is 16.2 Å². The van der Waals surface area contributed by atoms with E-state index in [1.54, 1.807) is 48.5 Å². The third kappa shape index (κ3) is 4.91. The van der Waals surface area contributed by atoms with E-state index in [1.807, 2.05) is 6.07 Å². The van der Waals surface area contributed by atoms with Crippen molar-refractivity contribution in [3.8, 4) is 0 Å². The first kappa shape index (κ1) is 24.8. The topological polar surface area (TPSA) is 129 Å². The number of nitrogens with two attached hydrogens (primary N) is 1. The molecule has 0 bridgehead atoms. The highest BCUT2D eigenvalue weighted by Crippen LogP contribution is 2.36. The van der Waals surface area contributed by atoms with Gasteiger partial charge in [-0.15, -0.1) is 0 Å². The molecule has 3 aromatic carbocycles. The summed E-state index contributed by atoms with van der Waals surface area (Å²) >= 11 is 12.4. The Balaban J connectivity index is 1.67. The van der Waals surface area contributed by atoms with Crippen molar-refractivity contribution in [2.24, 2.45) is 5.73 Å². The highest BCUT2D eigenvalue weighted by Gasteiger charge is 2.25. The molecule has 182 valence electrons. The van der Waals surface area contributed by atoms with Gasteiger partial charge in [-0.3, -0.25) is 9.69 Å². The molecule has 3 amide bonds. The van der Waals surface area contributed by atoms with Crippen LogP contribution in [0.15, 0.2) is 73.3 Å². The lowest BCUT2D eigenvalue weighted by Gasteiger charge is -2.22. The van der Waals surface area contributed by atoms with Gasteiger partial charge in [0.1, 0.15) is 5.69 Å². The van der Waals surface area contributed by atoms with Crippen molar-refractivity contribution < 1.29 is 19.5 Å². The summed E-state index contributed by atoms with van der Waals surface area (Å²) in [6, 6.07) is 18.0. The zero-order valence-corrected chi connectivity index (χ0v) is 20.2. The Hall–Kier alpha value is -4.27. The first-order chi connectivity index (χ1) is 17.2. The fraction of sp³-hybridized carbons (Fsp3) is 0.0385. The van der Waals surface area contributed by atoms with E-state index in [-0.39, 0.29) is 28.4 Å². The lowest BCUT2D eigenvalue weighted by Crippen LogP contribution is -2.35. The second-order valence-electron chi connectivity index (χ2n) is 7.84. The first-order valence-electron chi connectivity index (χ1n) is 10.6. The number of fused-ring (bicyclic) bond motifs is 1. The van der Waals surface area contributed by atoms with Gasteiger partial charge >= 0.3 is 12.0 Å². The number of urea groups is 1. The van der Waals surface area contributed by atoms with Crippen molar-refractivity contribution in [3.05, 3.63) is 100 Å². The average Bonchev–Trinajstić information content (AvgIpc) is 3.23. The molecule has 0 saturated carbocycles. The minimum absolute atomic E-state index is 0.0530. The fourth-order valence-corrected chi connectivity index (χ4v) is 4.46. The Kier molecular flexibility index (Phi) is 7.00. The fourth-order valence-electron chi connectivity index (χ4n) is 3.88. The number of anilines is 2. The summed E-state index contributed by atoms with van der Waals surface area (Å²) in [4.78, 5) is 41.4. The molecule has 4 aromatic rings. The Morgan fingerprint density at radius 1 is 1.03 bits per heavy atom. The molecule has 0 aliphatic heterocycles. The van der Waals surface area contributed by atoms with E-state index in [0.717, 1.165) is 0 Å². The molecule has 0 spiro atoms. The normalized spacial score (nSPS) is 10.7.